The maximum absolute atomic E-state index is 13.2. The summed E-state index contributed by atoms with van der Waals surface area (Å²) in [5, 5.41) is 0. The van der Waals surface area contributed by atoms with Gasteiger partial charge in [-0.2, -0.15) is 0 Å². The monoisotopic (exact) mass is 245 g/mol. The van der Waals surface area contributed by atoms with E-state index >= 15 is 0 Å². The molecule has 0 bridgehead atoms. The Morgan fingerprint density at radius 1 is 1.00 bits per heavy atom. The average molecular weight is 245 g/mol. The first-order valence-electron chi connectivity index (χ1n) is 5.97. The molecular formula is C15H16FNO. The highest BCUT2D eigenvalue weighted by molar-refractivity contribution is 5.39. The van der Waals surface area contributed by atoms with Crippen LogP contribution in [0.5, 0.6) is 5.75 Å². The first-order chi connectivity index (χ1) is 8.75. The van der Waals surface area contributed by atoms with Crippen LogP contribution in [-0.4, -0.2) is 6.61 Å². The molecule has 0 saturated carbocycles. The van der Waals surface area contributed by atoms with Crippen molar-refractivity contribution in [2.45, 2.75) is 12.8 Å². The Kier molecular flexibility index (Phi) is 4.18. The third-order valence-electron chi connectivity index (χ3n) is 2.68. The molecule has 0 amide bonds. The van der Waals surface area contributed by atoms with Gasteiger partial charge in [-0.25, -0.2) is 4.39 Å². The summed E-state index contributed by atoms with van der Waals surface area (Å²) < 4.78 is 18.6. The molecule has 0 heterocycles. The minimum atomic E-state index is -0.315. The number of rotatable bonds is 5. The molecule has 0 fully saturated rings. The van der Waals surface area contributed by atoms with Crippen LogP contribution >= 0.6 is 0 Å². The Labute approximate surface area is 106 Å². The van der Waals surface area contributed by atoms with E-state index in [-0.39, 0.29) is 5.82 Å². The maximum atomic E-state index is 13.2. The van der Waals surface area contributed by atoms with Gasteiger partial charge in [-0.3, -0.25) is 0 Å². The van der Waals surface area contributed by atoms with E-state index in [1.165, 1.54) is 11.6 Å². The van der Waals surface area contributed by atoms with Gasteiger partial charge in [0.05, 0.1) is 6.61 Å². The summed E-state index contributed by atoms with van der Waals surface area (Å²) >= 11 is 0. The van der Waals surface area contributed by atoms with Crippen LogP contribution in [0.25, 0.3) is 0 Å². The highest BCUT2D eigenvalue weighted by Gasteiger charge is 2.00. The third kappa shape index (κ3) is 3.48. The van der Waals surface area contributed by atoms with Crippen molar-refractivity contribution in [3.63, 3.8) is 0 Å². The van der Waals surface area contributed by atoms with Gasteiger partial charge in [-0.1, -0.05) is 24.3 Å². The number of anilines is 1. The number of nitrogens with two attached hydrogens (primary N) is 1. The van der Waals surface area contributed by atoms with Crippen LogP contribution in [0, 0.1) is 5.82 Å². The molecule has 0 aliphatic carbocycles. The van der Waals surface area contributed by atoms with E-state index in [9.17, 15) is 4.39 Å². The number of hydrogen-bond donors (Lipinski definition) is 1. The second-order valence-corrected chi connectivity index (χ2v) is 4.12. The second kappa shape index (κ2) is 6.05. The molecule has 0 aliphatic heterocycles. The standard InChI is InChI=1S/C15H16FNO/c16-14-5-1-2-6-15(14)18-11-3-4-12-7-9-13(17)10-8-12/h1-2,5-10H,3-4,11,17H2. The van der Waals surface area contributed by atoms with Crippen LogP contribution < -0.4 is 10.5 Å². The zero-order valence-corrected chi connectivity index (χ0v) is 10.1. The Morgan fingerprint density at radius 2 is 1.72 bits per heavy atom. The number of para-hydroxylation sites is 1. The highest BCUT2D eigenvalue weighted by Crippen LogP contribution is 2.16. The number of hydrogen-bond acceptors (Lipinski definition) is 2. The predicted molar refractivity (Wildman–Crippen MR) is 71.1 cm³/mol. The SMILES string of the molecule is Nc1ccc(CCCOc2ccccc2F)cc1. The van der Waals surface area contributed by atoms with Crippen molar-refractivity contribution in [2.24, 2.45) is 0 Å². The highest BCUT2D eigenvalue weighted by atomic mass is 19.1. The smallest absolute Gasteiger partial charge is 0.165 e. The number of benzene rings is 2. The van der Waals surface area contributed by atoms with E-state index in [0.29, 0.717) is 12.4 Å². The van der Waals surface area contributed by atoms with E-state index in [2.05, 4.69) is 0 Å². The van der Waals surface area contributed by atoms with Crippen LogP contribution in [0.2, 0.25) is 0 Å². The molecule has 0 atom stereocenters. The van der Waals surface area contributed by atoms with Crippen LogP contribution in [0.1, 0.15) is 12.0 Å². The molecule has 94 valence electrons. The first-order valence-corrected chi connectivity index (χ1v) is 5.97. The van der Waals surface area contributed by atoms with Crippen LogP contribution in [0.4, 0.5) is 10.1 Å². The van der Waals surface area contributed by atoms with E-state index in [0.717, 1.165) is 18.5 Å². The molecule has 0 aliphatic rings. The number of nitrogen functional groups attached to an aromatic ring is 1. The number of halogens is 1. The van der Waals surface area contributed by atoms with Gasteiger partial charge in [0.1, 0.15) is 0 Å². The molecule has 0 spiro atoms. The summed E-state index contributed by atoms with van der Waals surface area (Å²) in [6.45, 7) is 0.505. The molecule has 0 radical (unpaired) electrons. The van der Waals surface area contributed by atoms with E-state index in [4.69, 9.17) is 10.5 Å². The van der Waals surface area contributed by atoms with E-state index < -0.39 is 0 Å². The lowest BCUT2D eigenvalue weighted by Crippen LogP contribution is -2.00. The van der Waals surface area contributed by atoms with Gasteiger partial charge in [-0.15, -0.1) is 0 Å². The molecule has 2 aromatic carbocycles. The van der Waals surface area contributed by atoms with Gasteiger partial charge < -0.3 is 10.5 Å². The molecule has 2 nitrogen and oxygen atoms in total. The lowest BCUT2D eigenvalue weighted by atomic mass is 10.1. The maximum Gasteiger partial charge on any atom is 0.165 e. The summed E-state index contributed by atoms with van der Waals surface area (Å²) in [7, 11) is 0. The van der Waals surface area contributed by atoms with Gasteiger partial charge in [-0.05, 0) is 42.7 Å². The molecular weight excluding hydrogens is 229 g/mol. The van der Waals surface area contributed by atoms with Crippen LogP contribution in [0.3, 0.4) is 0 Å². The lowest BCUT2D eigenvalue weighted by Gasteiger charge is -2.07. The Bertz CT molecular complexity index is 496. The molecule has 18 heavy (non-hydrogen) atoms. The fraction of sp³-hybridized carbons (Fsp3) is 0.200. The van der Waals surface area contributed by atoms with Crippen molar-refractivity contribution in [1.82, 2.24) is 0 Å². The summed E-state index contributed by atoms with van der Waals surface area (Å²) in [6.07, 6.45) is 1.74. The fourth-order valence-corrected chi connectivity index (χ4v) is 1.70. The normalized spacial score (nSPS) is 10.3. The van der Waals surface area contributed by atoms with Crippen molar-refractivity contribution in [1.29, 1.82) is 0 Å². The molecule has 3 heteroatoms. The molecule has 2 rings (SSSR count). The Balaban J connectivity index is 1.76. The van der Waals surface area contributed by atoms with Crippen molar-refractivity contribution < 1.29 is 9.13 Å². The minimum Gasteiger partial charge on any atom is -0.491 e. The summed E-state index contributed by atoms with van der Waals surface area (Å²) in [5.74, 6) is -0.000194. The Hall–Kier alpha value is -2.03. The Morgan fingerprint density at radius 3 is 2.44 bits per heavy atom. The molecule has 2 aromatic rings. The van der Waals surface area contributed by atoms with Gasteiger partial charge in [0, 0.05) is 5.69 Å². The molecule has 0 aromatic heterocycles. The van der Waals surface area contributed by atoms with Crippen molar-refractivity contribution in [2.75, 3.05) is 12.3 Å². The van der Waals surface area contributed by atoms with Gasteiger partial charge in [0.2, 0.25) is 0 Å². The van der Waals surface area contributed by atoms with E-state index in [1.807, 2.05) is 24.3 Å². The summed E-state index contributed by atoms with van der Waals surface area (Å²) in [4.78, 5) is 0. The van der Waals surface area contributed by atoms with Crippen molar-refractivity contribution in [3.05, 3.63) is 59.9 Å². The minimum absolute atomic E-state index is 0.315. The summed E-state index contributed by atoms with van der Waals surface area (Å²) in [5.41, 5.74) is 7.58. The van der Waals surface area contributed by atoms with Gasteiger partial charge >= 0.3 is 0 Å². The zero-order chi connectivity index (χ0) is 12.8. The predicted octanol–water partition coefficient (Wildman–Crippen LogP) is 3.42. The number of aryl methyl sites for hydroxylation is 1. The van der Waals surface area contributed by atoms with Gasteiger partial charge in [0.15, 0.2) is 11.6 Å². The largest absolute Gasteiger partial charge is 0.491 e. The third-order valence-corrected chi connectivity index (χ3v) is 2.68. The topological polar surface area (TPSA) is 35.2 Å². The molecule has 0 saturated heterocycles. The van der Waals surface area contributed by atoms with Gasteiger partial charge in [0.25, 0.3) is 0 Å². The van der Waals surface area contributed by atoms with Crippen LogP contribution in [0.15, 0.2) is 48.5 Å². The molecule has 2 N–H and O–H groups in total. The lowest BCUT2D eigenvalue weighted by molar-refractivity contribution is 0.295. The number of ether oxygens (including phenoxy) is 1. The average Bonchev–Trinajstić information content (AvgIpc) is 2.39. The quantitative estimate of drug-likeness (QED) is 0.647. The summed E-state index contributed by atoms with van der Waals surface area (Å²) in [6, 6.07) is 14.2. The second-order valence-electron chi connectivity index (χ2n) is 4.12. The van der Waals surface area contributed by atoms with Crippen LogP contribution in [-0.2, 0) is 6.42 Å². The fourth-order valence-electron chi connectivity index (χ4n) is 1.70. The molecule has 0 unspecified atom stereocenters. The zero-order valence-electron chi connectivity index (χ0n) is 10.1. The van der Waals surface area contributed by atoms with Crippen molar-refractivity contribution >= 4 is 5.69 Å². The van der Waals surface area contributed by atoms with E-state index in [1.54, 1.807) is 18.2 Å². The van der Waals surface area contributed by atoms with Crippen molar-refractivity contribution in [3.8, 4) is 5.75 Å². The first kappa shape index (κ1) is 12.4.